The molecule has 0 saturated heterocycles. The Hall–Kier alpha value is -0.330. The van der Waals surface area contributed by atoms with E-state index in [0.29, 0.717) is 23.7 Å². The Kier molecular flexibility index (Phi) is 5.51. The van der Waals surface area contributed by atoms with Crippen molar-refractivity contribution in [1.29, 1.82) is 0 Å². The summed E-state index contributed by atoms with van der Waals surface area (Å²) in [7, 11) is 0. The van der Waals surface area contributed by atoms with Crippen molar-refractivity contribution >= 4 is 45.8 Å². The lowest BCUT2D eigenvalue weighted by Crippen LogP contribution is -2.22. The smallest absolute Gasteiger partial charge is 0.227 e. The topological polar surface area (TPSA) is 55.1 Å². The van der Waals surface area contributed by atoms with Crippen molar-refractivity contribution in [2.24, 2.45) is 11.7 Å². The third-order valence-corrected chi connectivity index (χ3v) is 3.22. The zero-order chi connectivity index (χ0) is 12.1. The number of amides is 1. The number of hydrogen-bond donors (Lipinski definition) is 2. The predicted octanol–water partition coefficient (Wildman–Crippen LogP) is 2.87. The highest BCUT2D eigenvalue weighted by Crippen LogP contribution is 2.24. The molecule has 0 aromatic heterocycles. The third kappa shape index (κ3) is 3.92. The normalized spacial score (nSPS) is 12.2. The van der Waals surface area contributed by atoms with Gasteiger partial charge in [0.1, 0.15) is 0 Å². The summed E-state index contributed by atoms with van der Waals surface area (Å²) in [5.74, 6) is -0.145. The first kappa shape index (κ1) is 13.7. The molecular weight excluding hydrogens is 338 g/mol. The number of nitrogens with one attached hydrogen (secondary N) is 1. The summed E-state index contributed by atoms with van der Waals surface area (Å²) in [6.07, 6.45) is 0.674. The summed E-state index contributed by atoms with van der Waals surface area (Å²) in [5.41, 5.74) is 6.05. The first-order valence-electron chi connectivity index (χ1n) is 5.00. The van der Waals surface area contributed by atoms with Crippen LogP contribution in [0.2, 0.25) is 5.02 Å². The number of halogens is 2. The molecule has 0 spiro atoms. The van der Waals surface area contributed by atoms with Crippen molar-refractivity contribution in [3.05, 3.63) is 26.8 Å². The third-order valence-electron chi connectivity index (χ3n) is 2.24. The molecule has 1 atom stereocenters. The predicted molar refractivity (Wildman–Crippen MR) is 75.6 cm³/mol. The fourth-order valence-corrected chi connectivity index (χ4v) is 2.13. The van der Waals surface area contributed by atoms with Gasteiger partial charge in [-0.2, -0.15) is 0 Å². The molecule has 0 aliphatic heterocycles. The van der Waals surface area contributed by atoms with Gasteiger partial charge in [-0.3, -0.25) is 4.79 Å². The van der Waals surface area contributed by atoms with Gasteiger partial charge < -0.3 is 11.1 Å². The number of hydrogen-bond acceptors (Lipinski definition) is 2. The lowest BCUT2D eigenvalue weighted by atomic mass is 10.1. The molecule has 0 radical (unpaired) electrons. The Bertz CT molecular complexity index is 384. The van der Waals surface area contributed by atoms with E-state index in [1.165, 1.54) is 0 Å². The molecule has 3 N–H and O–H groups in total. The van der Waals surface area contributed by atoms with Gasteiger partial charge in [0.2, 0.25) is 5.91 Å². The van der Waals surface area contributed by atoms with Gasteiger partial charge in [0, 0.05) is 9.49 Å². The van der Waals surface area contributed by atoms with Crippen LogP contribution in [-0.2, 0) is 4.79 Å². The summed E-state index contributed by atoms with van der Waals surface area (Å²) in [5, 5.41) is 3.35. The van der Waals surface area contributed by atoms with Crippen LogP contribution in [-0.4, -0.2) is 12.5 Å². The second-order valence-electron chi connectivity index (χ2n) is 3.59. The Labute approximate surface area is 114 Å². The number of anilines is 1. The van der Waals surface area contributed by atoms with Crippen LogP contribution in [0.3, 0.4) is 0 Å². The van der Waals surface area contributed by atoms with E-state index in [2.05, 4.69) is 27.9 Å². The molecule has 5 heteroatoms. The second-order valence-corrected chi connectivity index (χ2v) is 5.24. The molecule has 88 valence electrons. The van der Waals surface area contributed by atoms with Crippen molar-refractivity contribution in [3.8, 4) is 0 Å². The van der Waals surface area contributed by atoms with Gasteiger partial charge in [0.25, 0.3) is 0 Å². The molecule has 0 aliphatic carbocycles. The van der Waals surface area contributed by atoms with Crippen molar-refractivity contribution in [3.63, 3.8) is 0 Å². The molecule has 0 bridgehead atoms. The Morgan fingerprint density at radius 2 is 2.31 bits per heavy atom. The number of nitrogens with two attached hydrogens (primary N) is 1. The number of rotatable bonds is 4. The van der Waals surface area contributed by atoms with E-state index in [9.17, 15) is 4.79 Å². The van der Waals surface area contributed by atoms with E-state index in [1.54, 1.807) is 6.07 Å². The van der Waals surface area contributed by atoms with E-state index >= 15 is 0 Å². The maximum absolute atomic E-state index is 11.7. The van der Waals surface area contributed by atoms with Crippen LogP contribution in [0.25, 0.3) is 0 Å². The summed E-state index contributed by atoms with van der Waals surface area (Å²) < 4.78 is 1.04. The Morgan fingerprint density at radius 3 is 2.88 bits per heavy atom. The van der Waals surface area contributed by atoms with Crippen molar-refractivity contribution < 1.29 is 4.79 Å². The van der Waals surface area contributed by atoms with E-state index < -0.39 is 0 Å². The molecule has 0 fully saturated rings. The van der Waals surface area contributed by atoms with Gasteiger partial charge in [0.15, 0.2) is 0 Å². The number of carbonyl (C=O) groups is 1. The molecule has 0 saturated carbocycles. The molecular formula is C11H14ClIN2O. The van der Waals surface area contributed by atoms with Gasteiger partial charge in [0.05, 0.1) is 10.7 Å². The minimum absolute atomic E-state index is 0.0476. The SMILES string of the molecule is CC(CCN)C(=O)Nc1ccc(I)cc1Cl. The lowest BCUT2D eigenvalue weighted by molar-refractivity contribution is -0.119. The zero-order valence-electron chi connectivity index (χ0n) is 8.97. The fourth-order valence-electron chi connectivity index (χ4n) is 1.23. The van der Waals surface area contributed by atoms with Gasteiger partial charge in [-0.15, -0.1) is 0 Å². The first-order valence-corrected chi connectivity index (χ1v) is 6.46. The largest absolute Gasteiger partial charge is 0.330 e. The summed E-state index contributed by atoms with van der Waals surface area (Å²) >= 11 is 8.18. The first-order chi connectivity index (χ1) is 7.54. The molecule has 16 heavy (non-hydrogen) atoms. The van der Waals surface area contributed by atoms with Crippen LogP contribution < -0.4 is 11.1 Å². The summed E-state index contributed by atoms with van der Waals surface area (Å²) in [4.78, 5) is 11.7. The number of benzene rings is 1. The maximum atomic E-state index is 11.7. The van der Waals surface area contributed by atoms with Gasteiger partial charge in [-0.1, -0.05) is 18.5 Å². The van der Waals surface area contributed by atoms with E-state index in [4.69, 9.17) is 17.3 Å². The van der Waals surface area contributed by atoms with Gasteiger partial charge in [-0.05, 0) is 53.8 Å². The molecule has 0 aliphatic rings. The van der Waals surface area contributed by atoms with E-state index in [0.717, 1.165) is 3.57 Å². The standard InChI is InChI=1S/C11H14ClIN2O/c1-7(4-5-14)11(16)15-10-3-2-8(13)6-9(10)12/h2-3,6-7H,4-5,14H2,1H3,(H,15,16). The molecule has 1 aromatic rings. The highest BCUT2D eigenvalue weighted by molar-refractivity contribution is 14.1. The average molecular weight is 353 g/mol. The van der Waals surface area contributed by atoms with Gasteiger partial charge in [-0.25, -0.2) is 0 Å². The van der Waals surface area contributed by atoms with E-state index in [1.807, 2.05) is 19.1 Å². The van der Waals surface area contributed by atoms with Crippen LogP contribution in [0.1, 0.15) is 13.3 Å². The van der Waals surface area contributed by atoms with Crippen molar-refractivity contribution in [1.82, 2.24) is 0 Å². The molecule has 1 rings (SSSR count). The van der Waals surface area contributed by atoms with Crippen LogP contribution in [0.5, 0.6) is 0 Å². The molecule has 1 aromatic carbocycles. The van der Waals surface area contributed by atoms with Crippen LogP contribution in [0.4, 0.5) is 5.69 Å². The Morgan fingerprint density at radius 1 is 1.62 bits per heavy atom. The molecule has 0 heterocycles. The quantitative estimate of drug-likeness (QED) is 0.819. The van der Waals surface area contributed by atoms with Crippen molar-refractivity contribution in [2.45, 2.75) is 13.3 Å². The monoisotopic (exact) mass is 352 g/mol. The van der Waals surface area contributed by atoms with Crippen molar-refractivity contribution in [2.75, 3.05) is 11.9 Å². The minimum atomic E-state index is -0.0969. The zero-order valence-corrected chi connectivity index (χ0v) is 11.9. The second kappa shape index (κ2) is 6.42. The highest BCUT2D eigenvalue weighted by atomic mass is 127. The van der Waals surface area contributed by atoms with Crippen LogP contribution in [0, 0.1) is 9.49 Å². The summed E-state index contributed by atoms with van der Waals surface area (Å²) in [6.45, 7) is 2.36. The van der Waals surface area contributed by atoms with Crippen LogP contribution >= 0.6 is 34.2 Å². The molecule has 1 unspecified atom stereocenters. The molecule has 3 nitrogen and oxygen atoms in total. The maximum Gasteiger partial charge on any atom is 0.227 e. The lowest BCUT2D eigenvalue weighted by Gasteiger charge is -2.12. The Balaban J connectivity index is 2.69. The van der Waals surface area contributed by atoms with Gasteiger partial charge >= 0.3 is 0 Å². The fraction of sp³-hybridized carbons (Fsp3) is 0.364. The average Bonchev–Trinajstić information content (AvgIpc) is 2.22. The number of carbonyl (C=O) groups excluding carboxylic acids is 1. The van der Waals surface area contributed by atoms with E-state index in [-0.39, 0.29) is 11.8 Å². The minimum Gasteiger partial charge on any atom is -0.330 e. The highest BCUT2D eigenvalue weighted by Gasteiger charge is 2.13. The van der Waals surface area contributed by atoms with Crippen LogP contribution in [0.15, 0.2) is 18.2 Å². The summed E-state index contributed by atoms with van der Waals surface area (Å²) in [6, 6.07) is 5.51. The molecule has 1 amide bonds.